The lowest BCUT2D eigenvalue weighted by Crippen LogP contribution is -2.45. The molecular weight excluding hydrogens is 455 g/mol. The van der Waals surface area contributed by atoms with Crippen molar-refractivity contribution in [3.8, 4) is 5.75 Å². The van der Waals surface area contributed by atoms with Crippen LogP contribution in [-0.2, 0) is 21.2 Å². The van der Waals surface area contributed by atoms with Crippen LogP contribution in [0.4, 0.5) is 10.1 Å². The minimum atomic E-state index is -4.11. The molecule has 3 aromatic rings. The Kier molecular flexibility index (Phi) is 7.50. The van der Waals surface area contributed by atoms with Crippen molar-refractivity contribution in [2.24, 2.45) is 0 Å². The molecule has 0 aliphatic heterocycles. The second-order valence-corrected chi connectivity index (χ2v) is 9.23. The van der Waals surface area contributed by atoms with E-state index in [0.29, 0.717) is 11.3 Å². The van der Waals surface area contributed by atoms with Crippen LogP contribution in [0.1, 0.15) is 11.1 Å². The Labute approximate surface area is 191 Å². The van der Waals surface area contributed by atoms with Crippen molar-refractivity contribution in [1.29, 1.82) is 0 Å². The summed E-state index contributed by atoms with van der Waals surface area (Å²) in [5.74, 6) is -0.810. The molecule has 0 aliphatic rings. The quantitative estimate of drug-likeness (QED) is 0.507. The van der Waals surface area contributed by atoms with Crippen molar-refractivity contribution >= 4 is 33.2 Å². The van der Waals surface area contributed by atoms with Crippen LogP contribution in [0.3, 0.4) is 0 Å². The van der Waals surface area contributed by atoms with Gasteiger partial charge in [0.05, 0.1) is 17.0 Å². The summed E-state index contributed by atoms with van der Waals surface area (Å²) < 4.78 is 47.2. The second kappa shape index (κ2) is 10.1. The number of carbonyl (C=O) groups excluding carboxylic acids is 1. The Balaban J connectivity index is 1.90. The van der Waals surface area contributed by atoms with E-state index < -0.39 is 27.8 Å². The Bertz CT molecular complexity index is 1220. The van der Waals surface area contributed by atoms with E-state index >= 15 is 0 Å². The average Bonchev–Trinajstić information content (AvgIpc) is 2.76. The number of aryl methyl sites for hydroxylation is 1. The van der Waals surface area contributed by atoms with E-state index in [4.69, 9.17) is 16.3 Å². The number of ether oxygens (including phenoxy) is 1. The lowest BCUT2D eigenvalue weighted by atomic mass is 10.1. The molecule has 32 heavy (non-hydrogen) atoms. The molecule has 0 spiro atoms. The van der Waals surface area contributed by atoms with Crippen LogP contribution in [0.15, 0.2) is 71.6 Å². The molecule has 2 N–H and O–H groups in total. The zero-order valence-corrected chi connectivity index (χ0v) is 19.0. The number of hydrogen-bond donors (Lipinski definition) is 2. The Morgan fingerprint density at radius 1 is 1.09 bits per heavy atom. The van der Waals surface area contributed by atoms with Gasteiger partial charge in [-0.15, -0.1) is 0 Å². The van der Waals surface area contributed by atoms with Crippen molar-refractivity contribution in [2.75, 3.05) is 12.4 Å². The molecule has 0 fully saturated rings. The first kappa shape index (κ1) is 23.7. The fourth-order valence-electron chi connectivity index (χ4n) is 3.06. The lowest BCUT2D eigenvalue weighted by molar-refractivity contribution is -0.117. The molecule has 0 aromatic heterocycles. The number of hydrogen-bond acceptors (Lipinski definition) is 4. The van der Waals surface area contributed by atoms with E-state index in [-0.39, 0.29) is 22.0 Å². The highest BCUT2D eigenvalue weighted by Crippen LogP contribution is 2.27. The molecule has 0 saturated heterocycles. The van der Waals surface area contributed by atoms with Crippen molar-refractivity contribution in [1.82, 2.24) is 4.72 Å². The van der Waals surface area contributed by atoms with Crippen LogP contribution in [0.25, 0.3) is 0 Å². The van der Waals surface area contributed by atoms with E-state index in [1.165, 1.54) is 43.5 Å². The molecular formula is C23H22ClFN2O4S. The van der Waals surface area contributed by atoms with E-state index in [2.05, 4.69) is 10.0 Å². The van der Waals surface area contributed by atoms with Gasteiger partial charge in [-0.1, -0.05) is 48.0 Å². The summed E-state index contributed by atoms with van der Waals surface area (Å²) >= 11 is 6.07. The van der Waals surface area contributed by atoms with Gasteiger partial charge in [0.1, 0.15) is 17.6 Å². The average molecular weight is 477 g/mol. The van der Waals surface area contributed by atoms with Crippen molar-refractivity contribution in [3.05, 3.63) is 88.7 Å². The van der Waals surface area contributed by atoms with Crippen molar-refractivity contribution in [3.63, 3.8) is 0 Å². The number of nitrogens with one attached hydrogen (secondary N) is 2. The molecule has 168 valence electrons. The molecule has 0 saturated carbocycles. The maximum atomic E-state index is 13.7. The molecule has 3 rings (SSSR count). The highest BCUT2D eigenvalue weighted by molar-refractivity contribution is 7.89. The van der Waals surface area contributed by atoms with Gasteiger partial charge >= 0.3 is 0 Å². The minimum Gasteiger partial charge on any atom is -0.495 e. The van der Waals surface area contributed by atoms with Gasteiger partial charge in [0, 0.05) is 5.69 Å². The van der Waals surface area contributed by atoms with E-state index in [1.807, 2.05) is 6.07 Å². The molecule has 0 heterocycles. The van der Waals surface area contributed by atoms with Gasteiger partial charge in [-0.3, -0.25) is 4.79 Å². The summed E-state index contributed by atoms with van der Waals surface area (Å²) in [5, 5.41) is 2.74. The number of sulfonamides is 1. The first-order chi connectivity index (χ1) is 15.2. The summed E-state index contributed by atoms with van der Waals surface area (Å²) in [6.07, 6.45) is 0.0875. The number of rotatable bonds is 8. The summed E-state index contributed by atoms with van der Waals surface area (Å²) in [6, 6.07) is 15.8. The van der Waals surface area contributed by atoms with Gasteiger partial charge < -0.3 is 10.1 Å². The molecule has 0 radical (unpaired) electrons. The normalized spacial score (nSPS) is 12.2. The fourth-order valence-corrected chi connectivity index (χ4v) is 4.60. The monoisotopic (exact) mass is 476 g/mol. The largest absolute Gasteiger partial charge is 0.495 e. The third kappa shape index (κ3) is 5.85. The van der Waals surface area contributed by atoms with Crippen LogP contribution in [0, 0.1) is 12.7 Å². The summed E-state index contributed by atoms with van der Waals surface area (Å²) in [4.78, 5) is 12.9. The summed E-state index contributed by atoms with van der Waals surface area (Å²) in [5.41, 5.74) is 1.65. The lowest BCUT2D eigenvalue weighted by Gasteiger charge is -2.20. The van der Waals surface area contributed by atoms with Crippen LogP contribution in [0.5, 0.6) is 5.75 Å². The zero-order chi connectivity index (χ0) is 23.3. The van der Waals surface area contributed by atoms with Gasteiger partial charge in [0.2, 0.25) is 15.9 Å². The molecule has 6 nitrogen and oxygen atoms in total. The molecule has 3 aromatic carbocycles. The van der Waals surface area contributed by atoms with Gasteiger partial charge in [-0.05, 0) is 54.8 Å². The first-order valence-electron chi connectivity index (χ1n) is 9.66. The van der Waals surface area contributed by atoms with Gasteiger partial charge in [-0.25, -0.2) is 12.8 Å². The second-order valence-electron chi connectivity index (χ2n) is 7.11. The fraction of sp³-hybridized carbons (Fsp3) is 0.174. The van der Waals surface area contributed by atoms with Crippen LogP contribution in [-0.4, -0.2) is 27.5 Å². The van der Waals surface area contributed by atoms with Gasteiger partial charge in [-0.2, -0.15) is 4.72 Å². The van der Waals surface area contributed by atoms with Crippen LogP contribution in [0.2, 0.25) is 5.02 Å². The van der Waals surface area contributed by atoms with E-state index in [0.717, 1.165) is 5.56 Å². The van der Waals surface area contributed by atoms with Gasteiger partial charge in [0.25, 0.3) is 0 Å². The summed E-state index contributed by atoms with van der Waals surface area (Å²) in [7, 11) is -2.69. The molecule has 1 atom stereocenters. The predicted octanol–water partition coefficient (Wildman–Crippen LogP) is 4.32. The topological polar surface area (TPSA) is 84.5 Å². The maximum absolute atomic E-state index is 13.7. The molecule has 0 bridgehead atoms. The SMILES string of the molecule is COc1ccc(S(=O)(=O)N[C@@H](Cc2ccccc2)C(=O)Nc2cc(F)ccc2C)cc1Cl. The smallest absolute Gasteiger partial charge is 0.242 e. The standard InChI is InChI=1S/C23H22ClFN2O4S/c1-15-8-9-17(25)13-20(15)26-23(28)21(12-16-6-4-3-5-7-16)27-32(29,30)18-10-11-22(31-2)19(24)14-18/h3-11,13-14,21,27H,12H2,1-2H3,(H,26,28)/t21-/m0/s1. The molecule has 0 aliphatic carbocycles. The Morgan fingerprint density at radius 2 is 1.81 bits per heavy atom. The number of carbonyl (C=O) groups is 1. The van der Waals surface area contributed by atoms with Gasteiger partial charge in [0.15, 0.2) is 0 Å². The van der Waals surface area contributed by atoms with E-state index in [9.17, 15) is 17.6 Å². The molecule has 1 amide bonds. The number of amides is 1. The predicted molar refractivity (Wildman–Crippen MR) is 122 cm³/mol. The first-order valence-corrected chi connectivity index (χ1v) is 11.5. The Hall–Kier alpha value is -2.94. The number of halogens is 2. The minimum absolute atomic E-state index is 0.0875. The van der Waals surface area contributed by atoms with E-state index in [1.54, 1.807) is 31.2 Å². The number of anilines is 1. The Morgan fingerprint density at radius 3 is 2.47 bits per heavy atom. The molecule has 9 heteroatoms. The third-order valence-electron chi connectivity index (χ3n) is 4.79. The van der Waals surface area contributed by atoms with Crippen molar-refractivity contribution in [2.45, 2.75) is 24.3 Å². The summed E-state index contributed by atoms with van der Waals surface area (Å²) in [6.45, 7) is 1.71. The maximum Gasteiger partial charge on any atom is 0.242 e. The van der Waals surface area contributed by atoms with Crippen molar-refractivity contribution < 1.29 is 22.3 Å². The third-order valence-corrected chi connectivity index (χ3v) is 6.55. The molecule has 0 unspecified atom stereocenters. The van der Waals surface area contributed by atoms with Crippen LogP contribution < -0.4 is 14.8 Å². The highest BCUT2D eigenvalue weighted by Gasteiger charge is 2.27. The van der Waals surface area contributed by atoms with Crippen LogP contribution >= 0.6 is 11.6 Å². The number of methoxy groups -OCH3 is 1. The number of benzene rings is 3. The zero-order valence-electron chi connectivity index (χ0n) is 17.4. The highest BCUT2D eigenvalue weighted by atomic mass is 35.5.